The predicted octanol–water partition coefficient (Wildman–Crippen LogP) is 3.25. The third kappa shape index (κ3) is 3.93. The number of ether oxygens (including phenoxy) is 1. The standard InChI is InChI=1S/C15H19ClFNO2/c1-2-20-15(19)12-4-3-7-18(10-12)9-11-5-6-14(17)13(16)8-11/h5-6,8,12H,2-4,7,9-10H2,1H3. The molecule has 0 bridgehead atoms. The molecular formula is C15H19ClFNO2. The van der Waals surface area contributed by atoms with Crippen molar-refractivity contribution in [2.75, 3.05) is 19.7 Å². The molecule has 0 radical (unpaired) electrons. The summed E-state index contributed by atoms with van der Waals surface area (Å²) in [6.07, 6.45) is 1.85. The van der Waals surface area contributed by atoms with Crippen LogP contribution in [0.1, 0.15) is 25.3 Å². The molecule has 3 nitrogen and oxygen atoms in total. The van der Waals surface area contributed by atoms with E-state index in [9.17, 15) is 9.18 Å². The van der Waals surface area contributed by atoms with Crippen molar-refractivity contribution in [1.29, 1.82) is 0 Å². The number of carbonyl (C=O) groups excluding carboxylic acids is 1. The number of esters is 1. The van der Waals surface area contributed by atoms with Crippen LogP contribution >= 0.6 is 11.6 Å². The molecule has 110 valence electrons. The number of hydrogen-bond donors (Lipinski definition) is 0. The summed E-state index contributed by atoms with van der Waals surface area (Å²) in [4.78, 5) is 14.0. The Labute approximate surface area is 123 Å². The first-order valence-corrected chi connectivity index (χ1v) is 7.31. The van der Waals surface area contributed by atoms with Gasteiger partial charge in [0.1, 0.15) is 5.82 Å². The van der Waals surface area contributed by atoms with Gasteiger partial charge in [-0.3, -0.25) is 9.69 Å². The van der Waals surface area contributed by atoms with Crippen molar-refractivity contribution in [2.45, 2.75) is 26.3 Å². The van der Waals surface area contributed by atoms with E-state index in [1.54, 1.807) is 12.1 Å². The van der Waals surface area contributed by atoms with Gasteiger partial charge in [-0.25, -0.2) is 4.39 Å². The summed E-state index contributed by atoms with van der Waals surface area (Å²) in [6, 6.07) is 4.75. The Kier molecular flexibility index (Phi) is 5.38. The largest absolute Gasteiger partial charge is 0.466 e. The molecule has 2 rings (SSSR count). The van der Waals surface area contributed by atoms with E-state index in [4.69, 9.17) is 16.3 Å². The van der Waals surface area contributed by atoms with Crippen LogP contribution in [0.5, 0.6) is 0 Å². The molecule has 1 aliphatic heterocycles. The highest BCUT2D eigenvalue weighted by atomic mass is 35.5. The number of benzene rings is 1. The quantitative estimate of drug-likeness (QED) is 0.799. The molecule has 1 aliphatic rings. The summed E-state index contributed by atoms with van der Waals surface area (Å²) in [7, 11) is 0. The average molecular weight is 300 g/mol. The highest BCUT2D eigenvalue weighted by molar-refractivity contribution is 6.30. The van der Waals surface area contributed by atoms with Gasteiger partial charge in [-0.2, -0.15) is 0 Å². The molecule has 0 aliphatic carbocycles. The Morgan fingerprint density at radius 3 is 3.05 bits per heavy atom. The first-order valence-electron chi connectivity index (χ1n) is 6.93. The Bertz CT molecular complexity index is 481. The lowest BCUT2D eigenvalue weighted by Crippen LogP contribution is -2.38. The van der Waals surface area contributed by atoms with E-state index < -0.39 is 5.82 Å². The minimum atomic E-state index is -0.404. The highest BCUT2D eigenvalue weighted by Gasteiger charge is 2.26. The van der Waals surface area contributed by atoms with Crippen LogP contribution < -0.4 is 0 Å². The molecule has 0 saturated carbocycles. The van der Waals surface area contributed by atoms with Gasteiger partial charge >= 0.3 is 5.97 Å². The molecule has 0 aromatic heterocycles. The van der Waals surface area contributed by atoms with Gasteiger partial charge in [-0.15, -0.1) is 0 Å². The lowest BCUT2D eigenvalue weighted by atomic mass is 9.98. The summed E-state index contributed by atoms with van der Waals surface area (Å²) in [5.41, 5.74) is 0.959. The van der Waals surface area contributed by atoms with Crippen LogP contribution in [-0.2, 0) is 16.1 Å². The molecule has 1 heterocycles. The number of carbonyl (C=O) groups is 1. The molecule has 5 heteroatoms. The number of hydrogen-bond acceptors (Lipinski definition) is 3. The molecule has 1 fully saturated rings. The number of nitrogens with zero attached hydrogens (tertiary/aromatic N) is 1. The Morgan fingerprint density at radius 1 is 1.55 bits per heavy atom. The normalized spacial score (nSPS) is 19.9. The van der Waals surface area contributed by atoms with Gasteiger partial charge in [0, 0.05) is 13.1 Å². The van der Waals surface area contributed by atoms with Gasteiger partial charge in [0.15, 0.2) is 0 Å². The van der Waals surface area contributed by atoms with Gasteiger partial charge < -0.3 is 4.74 Å². The maximum Gasteiger partial charge on any atom is 0.310 e. The first-order chi connectivity index (χ1) is 9.60. The second kappa shape index (κ2) is 7.04. The predicted molar refractivity (Wildman–Crippen MR) is 76.0 cm³/mol. The van der Waals surface area contributed by atoms with Crippen LogP contribution in [0.15, 0.2) is 18.2 Å². The lowest BCUT2D eigenvalue weighted by molar-refractivity contribution is -0.150. The molecule has 1 aromatic rings. The Morgan fingerprint density at radius 2 is 2.35 bits per heavy atom. The van der Waals surface area contributed by atoms with Crippen molar-refractivity contribution in [2.24, 2.45) is 5.92 Å². The first kappa shape index (κ1) is 15.3. The van der Waals surface area contributed by atoms with Crippen molar-refractivity contribution in [3.8, 4) is 0 Å². The summed E-state index contributed by atoms with van der Waals surface area (Å²) < 4.78 is 18.2. The van der Waals surface area contributed by atoms with E-state index in [-0.39, 0.29) is 16.9 Å². The lowest BCUT2D eigenvalue weighted by Gasteiger charge is -2.31. The van der Waals surface area contributed by atoms with Gasteiger partial charge in [0.05, 0.1) is 17.5 Å². The Balaban J connectivity index is 1.95. The number of halogens is 2. The maximum atomic E-state index is 13.1. The van der Waals surface area contributed by atoms with Crippen LogP contribution in [0.2, 0.25) is 5.02 Å². The Hall–Kier alpha value is -1.13. The third-order valence-electron chi connectivity index (χ3n) is 3.52. The molecule has 1 atom stereocenters. The zero-order valence-corrected chi connectivity index (χ0v) is 12.3. The maximum absolute atomic E-state index is 13.1. The van der Waals surface area contributed by atoms with Crippen LogP contribution in [0.3, 0.4) is 0 Å². The van der Waals surface area contributed by atoms with E-state index in [0.29, 0.717) is 19.7 Å². The van der Waals surface area contributed by atoms with E-state index in [1.165, 1.54) is 6.07 Å². The zero-order chi connectivity index (χ0) is 14.5. The van der Waals surface area contributed by atoms with E-state index in [2.05, 4.69) is 4.90 Å². The van der Waals surface area contributed by atoms with Crippen molar-refractivity contribution in [3.63, 3.8) is 0 Å². The minimum Gasteiger partial charge on any atom is -0.466 e. The smallest absolute Gasteiger partial charge is 0.310 e. The molecule has 0 amide bonds. The fourth-order valence-corrected chi connectivity index (χ4v) is 2.75. The van der Waals surface area contributed by atoms with Crippen LogP contribution in [0.25, 0.3) is 0 Å². The fourth-order valence-electron chi connectivity index (χ4n) is 2.55. The SMILES string of the molecule is CCOC(=O)C1CCCN(Cc2ccc(F)c(Cl)c2)C1. The monoisotopic (exact) mass is 299 g/mol. The number of rotatable bonds is 4. The van der Waals surface area contributed by atoms with Gasteiger partial charge in [0.25, 0.3) is 0 Å². The number of piperidine rings is 1. The summed E-state index contributed by atoms with van der Waals surface area (Å²) in [5.74, 6) is -0.576. The molecule has 1 unspecified atom stereocenters. The summed E-state index contributed by atoms with van der Waals surface area (Å²) in [6.45, 7) is 4.54. The highest BCUT2D eigenvalue weighted by Crippen LogP contribution is 2.22. The van der Waals surface area contributed by atoms with E-state index in [0.717, 1.165) is 24.9 Å². The van der Waals surface area contributed by atoms with Crippen molar-refractivity contribution < 1.29 is 13.9 Å². The van der Waals surface area contributed by atoms with Crippen LogP contribution in [0, 0.1) is 11.7 Å². The van der Waals surface area contributed by atoms with E-state index >= 15 is 0 Å². The summed E-state index contributed by atoms with van der Waals surface area (Å²) in [5, 5.41) is 0.140. The molecule has 0 N–H and O–H groups in total. The minimum absolute atomic E-state index is 0.0559. The molecule has 1 saturated heterocycles. The third-order valence-corrected chi connectivity index (χ3v) is 3.81. The second-order valence-electron chi connectivity index (χ2n) is 5.07. The molecule has 20 heavy (non-hydrogen) atoms. The van der Waals surface area contributed by atoms with Crippen LogP contribution in [0.4, 0.5) is 4.39 Å². The number of likely N-dealkylation sites (tertiary alicyclic amines) is 1. The second-order valence-corrected chi connectivity index (χ2v) is 5.48. The van der Waals surface area contributed by atoms with E-state index in [1.807, 2.05) is 6.92 Å². The zero-order valence-electron chi connectivity index (χ0n) is 11.6. The van der Waals surface area contributed by atoms with Crippen molar-refractivity contribution >= 4 is 17.6 Å². The molecule has 0 spiro atoms. The molecular weight excluding hydrogens is 281 g/mol. The van der Waals surface area contributed by atoms with Gasteiger partial charge in [0.2, 0.25) is 0 Å². The van der Waals surface area contributed by atoms with Gasteiger partial charge in [-0.1, -0.05) is 17.7 Å². The summed E-state index contributed by atoms with van der Waals surface area (Å²) >= 11 is 5.78. The fraction of sp³-hybridized carbons (Fsp3) is 0.533. The van der Waals surface area contributed by atoms with Gasteiger partial charge in [-0.05, 0) is 44.0 Å². The van der Waals surface area contributed by atoms with Crippen LogP contribution in [-0.4, -0.2) is 30.6 Å². The van der Waals surface area contributed by atoms with Crippen molar-refractivity contribution in [3.05, 3.63) is 34.6 Å². The average Bonchev–Trinajstić information content (AvgIpc) is 2.43. The molecule has 1 aromatic carbocycles. The van der Waals surface area contributed by atoms with Crippen molar-refractivity contribution in [1.82, 2.24) is 4.90 Å². The topological polar surface area (TPSA) is 29.5 Å².